The van der Waals surface area contributed by atoms with Crippen LogP contribution in [0.25, 0.3) is 0 Å². The maximum Gasteiger partial charge on any atom is 0.165 e. The van der Waals surface area contributed by atoms with Gasteiger partial charge in [-0.2, -0.15) is 11.8 Å². The zero-order valence-corrected chi connectivity index (χ0v) is 10.6. The van der Waals surface area contributed by atoms with Gasteiger partial charge in [-0.05, 0) is 23.6 Å². The summed E-state index contributed by atoms with van der Waals surface area (Å²) in [5, 5.41) is 15.1. The minimum absolute atomic E-state index is 0.346. The Morgan fingerprint density at radius 3 is 2.73 bits per heavy atom. The lowest BCUT2D eigenvalue weighted by Gasteiger charge is -2.13. The molecule has 1 aromatic rings. The Morgan fingerprint density at radius 2 is 2.13 bits per heavy atom. The van der Waals surface area contributed by atoms with Gasteiger partial charge >= 0.3 is 0 Å². The number of hydrogen-bond donors (Lipinski definition) is 1. The molecular weight excluding hydrogens is 210 g/mol. The summed E-state index contributed by atoms with van der Waals surface area (Å²) in [7, 11) is 0. The highest BCUT2D eigenvalue weighted by Gasteiger charge is 2.12. The van der Waals surface area contributed by atoms with Crippen molar-refractivity contribution in [3.05, 3.63) is 5.82 Å². The van der Waals surface area contributed by atoms with E-state index in [2.05, 4.69) is 47.9 Å². The van der Waals surface area contributed by atoms with Gasteiger partial charge in [0.15, 0.2) is 5.82 Å². The molecule has 0 saturated carbocycles. The van der Waals surface area contributed by atoms with Gasteiger partial charge in [0.05, 0.1) is 12.6 Å². The van der Waals surface area contributed by atoms with Crippen molar-refractivity contribution in [2.45, 2.75) is 39.4 Å². The summed E-state index contributed by atoms with van der Waals surface area (Å²) in [6, 6.07) is 0.796. The van der Waals surface area contributed by atoms with Gasteiger partial charge in [-0.1, -0.05) is 13.8 Å². The predicted octanol–water partition coefficient (Wildman–Crippen LogP) is 1.10. The Labute approximate surface area is 95.0 Å². The summed E-state index contributed by atoms with van der Waals surface area (Å²) in [6.07, 6.45) is 2.09. The van der Waals surface area contributed by atoms with Crippen LogP contribution in [0.5, 0.6) is 0 Å². The molecule has 0 amide bonds. The average Bonchev–Trinajstić information content (AvgIpc) is 2.62. The van der Waals surface area contributed by atoms with Crippen LogP contribution in [0.1, 0.15) is 32.6 Å². The van der Waals surface area contributed by atoms with Crippen molar-refractivity contribution in [3.8, 4) is 0 Å². The number of hydrogen-bond acceptors (Lipinski definition) is 5. The SMILES string of the molecule is CSCC(C)n1nnnc1CNC(C)C. The van der Waals surface area contributed by atoms with Gasteiger partial charge in [0.2, 0.25) is 0 Å². The molecule has 0 aromatic carbocycles. The van der Waals surface area contributed by atoms with E-state index in [9.17, 15) is 0 Å². The van der Waals surface area contributed by atoms with Crippen LogP contribution in [-0.4, -0.2) is 38.3 Å². The smallest absolute Gasteiger partial charge is 0.165 e. The van der Waals surface area contributed by atoms with Gasteiger partial charge in [0.25, 0.3) is 0 Å². The summed E-state index contributed by atoms with van der Waals surface area (Å²) in [6.45, 7) is 7.08. The maximum absolute atomic E-state index is 4.02. The zero-order valence-electron chi connectivity index (χ0n) is 9.77. The predicted molar refractivity (Wildman–Crippen MR) is 62.9 cm³/mol. The molecule has 6 heteroatoms. The van der Waals surface area contributed by atoms with Gasteiger partial charge in [-0.15, -0.1) is 5.10 Å². The van der Waals surface area contributed by atoms with E-state index in [0.717, 1.165) is 18.1 Å². The highest BCUT2D eigenvalue weighted by molar-refractivity contribution is 7.98. The molecule has 1 N–H and O–H groups in total. The molecular formula is C9H19N5S. The van der Waals surface area contributed by atoms with Gasteiger partial charge in [0.1, 0.15) is 0 Å². The van der Waals surface area contributed by atoms with Gasteiger partial charge in [-0.3, -0.25) is 0 Å². The topological polar surface area (TPSA) is 55.6 Å². The fraction of sp³-hybridized carbons (Fsp3) is 0.889. The standard InChI is InChI=1S/C9H19N5S/c1-7(2)10-5-9-11-12-13-14(9)8(3)6-15-4/h7-8,10H,5-6H2,1-4H3. The first kappa shape index (κ1) is 12.4. The van der Waals surface area contributed by atoms with Crippen molar-refractivity contribution >= 4 is 11.8 Å². The van der Waals surface area contributed by atoms with E-state index in [1.165, 1.54) is 0 Å². The Bertz CT molecular complexity index is 286. The molecule has 5 nitrogen and oxygen atoms in total. The molecule has 1 heterocycles. The lowest BCUT2D eigenvalue weighted by atomic mass is 10.3. The molecule has 86 valence electrons. The van der Waals surface area contributed by atoms with Crippen LogP contribution in [0.15, 0.2) is 0 Å². The highest BCUT2D eigenvalue weighted by atomic mass is 32.2. The lowest BCUT2D eigenvalue weighted by Crippen LogP contribution is -2.25. The molecule has 1 atom stereocenters. The van der Waals surface area contributed by atoms with Crippen molar-refractivity contribution in [1.29, 1.82) is 0 Å². The average molecular weight is 229 g/mol. The second-order valence-electron chi connectivity index (χ2n) is 3.88. The van der Waals surface area contributed by atoms with E-state index in [0.29, 0.717) is 12.1 Å². The lowest BCUT2D eigenvalue weighted by molar-refractivity contribution is 0.476. The molecule has 0 spiro atoms. The van der Waals surface area contributed by atoms with E-state index in [1.54, 1.807) is 11.8 Å². The Kier molecular flexibility index (Phi) is 5.04. The number of nitrogens with zero attached hydrogens (tertiary/aromatic N) is 4. The van der Waals surface area contributed by atoms with E-state index >= 15 is 0 Å². The number of nitrogens with one attached hydrogen (secondary N) is 1. The molecule has 0 radical (unpaired) electrons. The summed E-state index contributed by atoms with van der Waals surface area (Å²) in [5.41, 5.74) is 0. The Morgan fingerprint density at radius 1 is 1.40 bits per heavy atom. The van der Waals surface area contributed by atoms with Gasteiger partial charge in [0, 0.05) is 11.8 Å². The molecule has 1 unspecified atom stereocenters. The molecule has 0 saturated heterocycles. The minimum Gasteiger partial charge on any atom is -0.308 e. The quantitative estimate of drug-likeness (QED) is 0.791. The monoisotopic (exact) mass is 229 g/mol. The van der Waals surface area contributed by atoms with E-state index in [1.807, 2.05) is 4.68 Å². The second-order valence-corrected chi connectivity index (χ2v) is 4.79. The van der Waals surface area contributed by atoms with Crippen LogP contribution in [0, 0.1) is 0 Å². The van der Waals surface area contributed by atoms with E-state index < -0.39 is 0 Å². The van der Waals surface area contributed by atoms with Crippen molar-refractivity contribution in [2.24, 2.45) is 0 Å². The van der Waals surface area contributed by atoms with Crippen molar-refractivity contribution in [1.82, 2.24) is 25.5 Å². The first-order chi connectivity index (χ1) is 7.15. The van der Waals surface area contributed by atoms with Crippen molar-refractivity contribution < 1.29 is 0 Å². The molecule has 0 aliphatic heterocycles. The molecule has 0 aliphatic carbocycles. The molecule has 1 aromatic heterocycles. The third-order valence-electron chi connectivity index (χ3n) is 2.05. The molecule has 0 fully saturated rings. The number of rotatable bonds is 6. The Balaban J connectivity index is 2.60. The van der Waals surface area contributed by atoms with Gasteiger partial charge in [-0.25, -0.2) is 4.68 Å². The van der Waals surface area contributed by atoms with Crippen LogP contribution in [0.4, 0.5) is 0 Å². The highest BCUT2D eigenvalue weighted by Crippen LogP contribution is 2.11. The number of tetrazole rings is 1. The third kappa shape index (κ3) is 3.79. The van der Waals surface area contributed by atoms with Crippen LogP contribution in [0.3, 0.4) is 0 Å². The second kappa shape index (κ2) is 6.07. The summed E-state index contributed by atoms with van der Waals surface area (Å²) in [5.74, 6) is 1.94. The van der Waals surface area contributed by atoms with Crippen LogP contribution < -0.4 is 5.32 Å². The summed E-state index contributed by atoms with van der Waals surface area (Å²) in [4.78, 5) is 0. The van der Waals surface area contributed by atoms with Gasteiger partial charge < -0.3 is 5.32 Å². The number of aromatic nitrogens is 4. The fourth-order valence-corrected chi connectivity index (χ4v) is 1.90. The molecule has 0 bridgehead atoms. The Hall–Kier alpha value is -0.620. The first-order valence-electron chi connectivity index (χ1n) is 5.14. The van der Waals surface area contributed by atoms with E-state index in [-0.39, 0.29) is 0 Å². The normalized spacial score (nSPS) is 13.4. The van der Waals surface area contributed by atoms with E-state index in [4.69, 9.17) is 0 Å². The molecule has 15 heavy (non-hydrogen) atoms. The molecule has 0 aliphatic rings. The fourth-order valence-electron chi connectivity index (χ4n) is 1.28. The van der Waals surface area contributed by atoms with Crippen molar-refractivity contribution in [3.63, 3.8) is 0 Å². The minimum atomic E-state index is 0.346. The number of thioether (sulfide) groups is 1. The van der Waals surface area contributed by atoms with Crippen LogP contribution in [-0.2, 0) is 6.54 Å². The largest absolute Gasteiger partial charge is 0.308 e. The third-order valence-corrected chi connectivity index (χ3v) is 2.87. The molecule has 1 rings (SSSR count). The maximum atomic E-state index is 4.02. The zero-order chi connectivity index (χ0) is 11.3. The van der Waals surface area contributed by atoms with Crippen molar-refractivity contribution in [2.75, 3.05) is 12.0 Å². The van der Waals surface area contributed by atoms with Crippen LogP contribution in [0.2, 0.25) is 0 Å². The summed E-state index contributed by atoms with van der Waals surface area (Å²) >= 11 is 1.80. The first-order valence-corrected chi connectivity index (χ1v) is 6.53. The summed E-state index contributed by atoms with van der Waals surface area (Å²) < 4.78 is 1.89. The van der Waals surface area contributed by atoms with Crippen LogP contribution >= 0.6 is 11.8 Å².